The molecule has 3 atom stereocenters. The van der Waals surface area contributed by atoms with Gasteiger partial charge in [0, 0.05) is 5.92 Å². The molecule has 0 saturated heterocycles. The van der Waals surface area contributed by atoms with Crippen LogP contribution in [0.4, 0.5) is 0 Å². The van der Waals surface area contributed by atoms with Crippen LogP contribution in [0, 0.1) is 29.1 Å². The Morgan fingerprint density at radius 2 is 1.53 bits per heavy atom. The predicted molar refractivity (Wildman–Crippen MR) is 152 cm³/mol. The van der Waals surface area contributed by atoms with Crippen molar-refractivity contribution in [1.29, 1.82) is 0 Å². The largest absolute Gasteiger partial charge is 0.294 e. The molecule has 0 aromatic rings. The van der Waals surface area contributed by atoms with Crippen LogP contribution in [-0.4, -0.2) is 5.78 Å². The molecule has 0 aromatic carbocycles. The van der Waals surface area contributed by atoms with Gasteiger partial charge in [0.05, 0.1) is 0 Å². The van der Waals surface area contributed by atoms with Crippen molar-refractivity contribution in [3.05, 3.63) is 72.4 Å². The molecule has 1 heteroatoms. The maximum Gasteiger partial charge on any atom is 0.163 e. The van der Waals surface area contributed by atoms with Gasteiger partial charge in [-0.2, -0.15) is 0 Å². The molecule has 0 bridgehead atoms. The maximum absolute atomic E-state index is 13.3. The van der Waals surface area contributed by atoms with Crippen molar-refractivity contribution >= 4 is 5.78 Å². The third-order valence-electron chi connectivity index (χ3n) is 7.51. The first-order valence-corrected chi connectivity index (χ1v) is 13.4. The summed E-state index contributed by atoms with van der Waals surface area (Å²) in [7, 11) is 0. The summed E-state index contributed by atoms with van der Waals surface area (Å²) in [5, 5.41) is 0. The molecule has 0 N–H and O–H groups in total. The molecule has 3 unspecified atom stereocenters. The number of carbonyl (C=O) groups is 1. The molecular formula is C33H52O. The second-order valence-corrected chi connectivity index (χ2v) is 11.5. The van der Waals surface area contributed by atoms with Crippen molar-refractivity contribution in [2.45, 2.75) is 99.8 Å². The third-order valence-corrected chi connectivity index (χ3v) is 7.51. The highest BCUT2D eigenvalue weighted by molar-refractivity contribution is 5.94. The second-order valence-electron chi connectivity index (χ2n) is 11.5. The summed E-state index contributed by atoms with van der Waals surface area (Å²) >= 11 is 0. The molecule has 0 fully saturated rings. The van der Waals surface area contributed by atoms with Crippen LogP contribution < -0.4 is 0 Å². The summed E-state index contributed by atoms with van der Waals surface area (Å²) < 4.78 is 0. The standard InChI is InChI=1S/C33H52O/c1-10-25(3)15-12-17-27(5)23-30(24-28(6)18-13-16-26(4)11-2)20-21-31(34)32-29(7)19-14-22-33(32,8)9/h10-11,17-21,25-26,30,32H,1-2,12-16,22-24H2,3-9H3/b21-20+,27-17?,28-18?. The topological polar surface area (TPSA) is 17.1 Å². The third kappa shape index (κ3) is 11.0. The molecule has 190 valence electrons. The first-order chi connectivity index (χ1) is 16.0. The zero-order chi connectivity index (χ0) is 25.7. The number of hydrogen-bond acceptors (Lipinski definition) is 1. The lowest BCUT2D eigenvalue weighted by Crippen LogP contribution is -2.33. The molecule has 34 heavy (non-hydrogen) atoms. The van der Waals surface area contributed by atoms with Crippen molar-refractivity contribution in [2.24, 2.45) is 29.1 Å². The molecule has 0 aromatic heterocycles. The molecule has 0 heterocycles. The summed E-state index contributed by atoms with van der Waals surface area (Å²) in [6.07, 6.45) is 23.8. The minimum atomic E-state index is 0.00668. The fourth-order valence-corrected chi connectivity index (χ4v) is 5.11. The number of allylic oxidation sites excluding steroid dienone is 10. The van der Waals surface area contributed by atoms with Crippen LogP contribution in [0.2, 0.25) is 0 Å². The highest BCUT2D eigenvalue weighted by Crippen LogP contribution is 2.41. The minimum Gasteiger partial charge on any atom is -0.294 e. The fourth-order valence-electron chi connectivity index (χ4n) is 5.11. The van der Waals surface area contributed by atoms with Crippen LogP contribution in [0.1, 0.15) is 99.8 Å². The first-order valence-electron chi connectivity index (χ1n) is 13.4. The van der Waals surface area contributed by atoms with Gasteiger partial charge in [-0.05, 0) is 101 Å². The van der Waals surface area contributed by atoms with E-state index < -0.39 is 0 Å². The van der Waals surface area contributed by atoms with Gasteiger partial charge in [-0.3, -0.25) is 4.79 Å². The van der Waals surface area contributed by atoms with Crippen LogP contribution in [0.25, 0.3) is 0 Å². The Morgan fingerprint density at radius 1 is 1.03 bits per heavy atom. The molecule has 0 amide bonds. The van der Waals surface area contributed by atoms with Gasteiger partial charge in [-0.1, -0.05) is 80.9 Å². The Balaban J connectivity index is 2.95. The number of rotatable bonds is 15. The summed E-state index contributed by atoms with van der Waals surface area (Å²) in [6, 6.07) is 0. The van der Waals surface area contributed by atoms with Crippen molar-refractivity contribution in [1.82, 2.24) is 0 Å². The Kier molecular flexibility index (Phi) is 13.5. The molecule has 0 saturated carbocycles. The second kappa shape index (κ2) is 15.2. The van der Waals surface area contributed by atoms with E-state index in [9.17, 15) is 4.79 Å². The van der Waals surface area contributed by atoms with Gasteiger partial charge in [0.25, 0.3) is 0 Å². The van der Waals surface area contributed by atoms with Crippen LogP contribution in [0.15, 0.2) is 72.4 Å². The molecule has 0 spiro atoms. The van der Waals surface area contributed by atoms with E-state index in [1.807, 2.05) is 18.2 Å². The lowest BCUT2D eigenvalue weighted by molar-refractivity contribution is -0.120. The lowest BCUT2D eigenvalue weighted by atomic mass is 9.67. The van der Waals surface area contributed by atoms with Crippen LogP contribution >= 0.6 is 0 Å². The fraction of sp³-hybridized carbons (Fsp3) is 0.606. The van der Waals surface area contributed by atoms with Gasteiger partial charge in [-0.15, -0.1) is 13.2 Å². The van der Waals surface area contributed by atoms with Crippen molar-refractivity contribution in [2.75, 3.05) is 0 Å². The molecule has 1 aliphatic rings. The highest BCUT2D eigenvalue weighted by atomic mass is 16.1. The Labute approximate surface area is 211 Å². The van der Waals surface area contributed by atoms with Gasteiger partial charge < -0.3 is 0 Å². The first kappa shape index (κ1) is 30.1. The van der Waals surface area contributed by atoms with E-state index in [2.05, 4.69) is 85.9 Å². The van der Waals surface area contributed by atoms with E-state index in [4.69, 9.17) is 0 Å². The van der Waals surface area contributed by atoms with Crippen molar-refractivity contribution in [3.63, 3.8) is 0 Å². The van der Waals surface area contributed by atoms with Gasteiger partial charge in [0.1, 0.15) is 0 Å². The van der Waals surface area contributed by atoms with E-state index in [1.165, 1.54) is 16.7 Å². The molecular weight excluding hydrogens is 412 g/mol. The number of hydrogen-bond donors (Lipinski definition) is 0. The van der Waals surface area contributed by atoms with Gasteiger partial charge >= 0.3 is 0 Å². The smallest absolute Gasteiger partial charge is 0.163 e. The molecule has 1 nitrogen and oxygen atoms in total. The van der Waals surface area contributed by atoms with E-state index in [-0.39, 0.29) is 17.1 Å². The van der Waals surface area contributed by atoms with Gasteiger partial charge in [0.15, 0.2) is 5.78 Å². The van der Waals surface area contributed by atoms with Crippen LogP contribution in [0.5, 0.6) is 0 Å². The van der Waals surface area contributed by atoms with Gasteiger partial charge in [0.2, 0.25) is 0 Å². The Hall–Kier alpha value is -1.89. The number of ketones is 1. The lowest BCUT2D eigenvalue weighted by Gasteiger charge is -2.36. The molecule has 1 rings (SSSR count). The molecule has 0 aliphatic heterocycles. The van der Waals surface area contributed by atoms with Crippen molar-refractivity contribution in [3.8, 4) is 0 Å². The average molecular weight is 465 g/mol. The van der Waals surface area contributed by atoms with E-state index in [1.54, 1.807) is 0 Å². The summed E-state index contributed by atoms with van der Waals surface area (Å²) in [4.78, 5) is 13.3. The van der Waals surface area contributed by atoms with E-state index in [0.29, 0.717) is 17.8 Å². The number of carbonyl (C=O) groups excluding carboxylic acids is 1. The zero-order valence-electron chi connectivity index (χ0n) is 23.3. The molecule has 1 aliphatic carbocycles. The Morgan fingerprint density at radius 3 is 1.97 bits per heavy atom. The average Bonchev–Trinajstić information content (AvgIpc) is 2.76. The van der Waals surface area contributed by atoms with Crippen LogP contribution in [-0.2, 0) is 4.79 Å². The normalized spacial score (nSPS) is 21.6. The highest BCUT2D eigenvalue weighted by Gasteiger charge is 2.36. The SMILES string of the molecule is C=CC(C)CCC=C(C)CC(/C=C/C(=O)C1C(C)=CCCC1(C)C)CC(C)=CCCC(C)C=C. The Bertz CT molecular complexity index is 749. The maximum atomic E-state index is 13.3. The summed E-state index contributed by atoms with van der Waals surface area (Å²) in [5.74, 6) is 1.73. The molecule has 0 radical (unpaired) electrons. The van der Waals surface area contributed by atoms with Crippen molar-refractivity contribution < 1.29 is 4.79 Å². The zero-order valence-corrected chi connectivity index (χ0v) is 23.3. The van der Waals surface area contributed by atoms with E-state index in [0.717, 1.165) is 51.4 Å². The summed E-state index contributed by atoms with van der Waals surface area (Å²) in [5.41, 5.74) is 4.11. The van der Waals surface area contributed by atoms with Crippen LogP contribution in [0.3, 0.4) is 0 Å². The monoisotopic (exact) mass is 464 g/mol. The minimum absolute atomic E-state index is 0.00668. The van der Waals surface area contributed by atoms with E-state index >= 15 is 0 Å². The predicted octanol–water partition coefficient (Wildman–Crippen LogP) is 9.99. The van der Waals surface area contributed by atoms with Gasteiger partial charge in [-0.25, -0.2) is 0 Å². The summed E-state index contributed by atoms with van der Waals surface area (Å²) in [6.45, 7) is 23.3. The quantitative estimate of drug-likeness (QED) is 0.174.